The van der Waals surface area contributed by atoms with E-state index >= 15 is 0 Å². The lowest BCUT2D eigenvalue weighted by Crippen LogP contribution is -2.66. The molecule has 3 atom stereocenters. The number of rotatable bonds is 4. The first-order valence-electron chi connectivity index (χ1n) is 10.0. The molecule has 27 heavy (non-hydrogen) atoms. The van der Waals surface area contributed by atoms with Crippen molar-refractivity contribution in [2.75, 3.05) is 31.6 Å². The second-order valence-electron chi connectivity index (χ2n) is 7.62. The average Bonchev–Trinajstić information content (AvgIpc) is 3.09. The molecule has 1 aromatic rings. The standard InChI is InChI=1S/C20H29N5O2/c1-4-11-25-18(26)16-17(22(3)20(25)27)21-19-23(12-6-13-24(16)19)15-9-7-14(5-2)8-10-15/h7-10,16-17,19,21H,4-6,11-13H2,1-3H3. The Morgan fingerprint density at radius 1 is 1.11 bits per heavy atom. The maximum atomic E-state index is 13.1. The number of carbonyl (C=O) groups is 2. The van der Waals surface area contributed by atoms with Gasteiger partial charge in [-0.1, -0.05) is 26.0 Å². The number of imide groups is 1. The molecule has 3 fully saturated rings. The Morgan fingerprint density at radius 2 is 1.85 bits per heavy atom. The molecule has 3 saturated heterocycles. The molecule has 0 saturated carbocycles. The topological polar surface area (TPSA) is 59.1 Å². The summed E-state index contributed by atoms with van der Waals surface area (Å²) in [7, 11) is 1.79. The van der Waals surface area contributed by atoms with E-state index < -0.39 is 0 Å². The Bertz CT molecular complexity index is 722. The molecule has 0 spiro atoms. The van der Waals surface area contributed by atoms with Crippen LogP contribution in [0.25, 0.3) is 0 Å². The molecule has 3 aliphatic heterocycles. The van der Waals surface area contributed by atoms with Crippen molar-refractivity contribution in [3.05, 3.63) is 29.8 Å². The predicted octanol–water partition coefficient (Wildman–Crippen LogP) is 1.65. The van der Waals surface area contributed by atoms with Gasteiger partial charge in [-0.3, -0.25) is 19.9 Å². The van der Waals surface area contributed by atoms with E-state index in [2.05, 4.69) is 46.3 Å². The molecule has 7 nitrogen and oxygen atoms in total. The van der Waals surface area contributed by atoms with E-state index in [4.69, 9.17) is 0 Å². The first-order chi connectivity index (χ1) is 13.1. The maximum absolute atomic E-state index is 13.1. The molecular weight excluding hydrogens is 342 g/mol. The van der Waals surface area contributed by atoms with Crippen LogP contribution < -0.4 is 10.2 Å². The third-order valence-corrected chi connectivity index (χ3v) is 5.99. The van der Waals surface area contributed by atoms with Crippen molar-refractivity contribution in [3.8, 4) is 0 Å². The molecular formula is C20H29N5O2. The first kappa shape index (κ1) is 18.3. The Kier molecular flexibility index (Phi) is 4.82. The molecule has 0 aromatic heterocycles. The fourth-order valence-corrected chi connectivity index (χ4v) is 4.54. The van der Waals surface area contributed by atoms with Gasteiger partial charge in [0.25, 0.3) is 5.91 Å². The normalized spacial score (nSPS) is 28.6. The van der Waals surface area contributed by atoms with Gasteiger partial charge in [-0.2, -0.15) is 0 Å². The van der Waals surface area contributed by atoms with Gasteiger partial charge in [-0.05, 0) is 37.0 Å². The second-order valence-corrected chi connectivity index (χ2v) is 7.62. The number of urea groups is 1. The van der Waals surface area contributed by atoms with Crippen molar-refractivity contribution in [2.24, 2.45) is 0 Å². The van der Waals surface area contributed by atoms with Crippen molar-refractivity contribution in [2.45, 2.75) is 51.6 Å². The van der Waals surface area contributed by atoms with Gasteiger partial charge in [-0.25, -0.2) is 4.79 Å². The van der Waals surface area contributed by atoms with Gasteiger partial charge in [-0.15, -0.1) is 0 Å². The van der Waals surface area contributed by atoms with Crippen LogP contribution in [0.4, 0.5) is 10.5 Å². The maximum Gasteiger partial charge on any atom is 0.327 e. The van der Waals surface area contributed by atoms with Gasteiger partial charge >= 0.3 is 6.03 Å². The SMILES string of the molecule is CCCN1C(=O)C2C(NC3N(c4ccc(CC)cc4)CCCN23)N(C)C1=O. The van der Waals surface area contributed by atoms with Crippen molar-refractivity contribution in [3.63, 3.8) is 0 Å². The van der Waals surface area contributed by atoms with Gasteiger partial charge in [0, 0.05) is 32.4 Å². The minimum absolute atomic E-state index is 0.0665. The fourth-order valence-electron chi connectivity index (χ4n) is 4.54. The highest BCUT2D eigenvalue weighted by Crippen LogP contribution is 2.33. The van der Waals surface area contributed by atoms with Gasteiger partial charge < -0.3 is 9.80 Å². The first-order valence-corrected chi connectivity index (χ1v) is 10.0. The summed E-state index contributed by atoms with van der Waals surface area (Å²) >= 11 is 0. The summed E-state index contributed by atoms with van der Waals surface area (Å²) in [5.41, 5.74) is 2.47. The number of anilines is 1. The van der Waals surface area contributed by atoms with E-state index in [-0.39, 0.29) is 30.4 Å². The van der Waals surface area contributed by atoms with Crippen LogP contribution in [0.2, 0.25) is 0 Å². The number of aryl methyl sites for hydroxylation is 1. The highest BCUT2D eigenvalue weighted by atomic mass is 16.2. The fraction of sp³-hybridized carbons (Fsp3) is 0.600. The summed E-state index contributed by atoms with van der Waals surface area (Å²) in [5, 5.41) is 3.55. The van der Waals surface area contributed by atoms with Gasteiger partial charge in [0.15, 0.2) is 0 Å². The quantitative estimate of drug-likeness (QED) is 0.872. The lowest BCUT2D eigenvalue weighted by atomic mass is 10.1. The monoisotopic (exact) mass is 371 g/mol. The van der Waals surface area contributed by atoms with E-state index in [0.29, 0.717) is 6.54 Å². The summed E-state index contributed by atoms with van der Waals surface area (Å²) in [4.78, 5) is 33.4. The second kappa shape index (κ2) is 7.13. The van der Waals surface area contributed by atoms with Crippen LogP contribution in [0.15, 0.2) is 24.3 Å². The lowest BCUT2D eigenvalue weighted by Gasteiger charge is -2.43. The van der Waals surface area contributed by atoms with Crippen LogP contribution in [-0.4, -0.2) is 71.8 Å². The number of carbonyl (C=O) groups excluding carboxylic acids is 2. The van der Waals surface area contributed by atoms with Crippen molar-refractivity contribution in [1.82, 2.24) is 20.0 Å². The number of likely N-dealkylation sites (N-methyl/N-ethyl adjacent to an activating group) is 1. The molecule has 3 amide bonds. The Morgan fingerprint density at radius 3 is 2.52 bits per heavy atom. The summed E-state index contributed by atoms with van der Waals surface area (Å²) < 4.78 is 0. The van der Waals surface area contributed by atoms with Crippen molar-refractivity contribution < 1.29 is 9.59 Å². The third-order valence-electron chi connectivity index (χ3n) is 5.99. The average molecular weight is 371 g/mol. The van der Waals surface area contributed by atoms with Gasteiger partial charge in [0.05, 0.1) is 0 Å². The molecule has 3 unspecified atom stereocenters. The number of fused-ring (bicyclic) bond motifs is 3. The number of hydrogen-bond acceptors (Lipinski definition) is 5. The molecule has 1 N–H and O–H groups in total. The zero-order chi connectivity index (χ0) is 19.1. The molecule has 3 aliphatic rings. The van der Waals surface area contributed by atoms with Crippen LogP contribution >= 0.6 is 0 Å². The smallest absolute Gasteiger partial charge is 0.327 e. The van der Waals surface area contributed by atoms with Crippen LogP contribution in [-0.2, 0) is 11.2 Å². The number of hydrogen-bond donors (Lipinski definition) is 1. The minimum atomic E-state index is -0.318. The largest absolute Gasteiger partial charge is 0.343 e. The summed E-state index contributed by atoms with van der Waals surface area (Å²) in [5.74, 6) is -0.0665. The predicted molar refractivity (Wildman–Crippen MR) is 104 cm³/mol. The number of benzene rings is 1. The highest BCUT2D eigenvalue weighted by molar-refractivity contribution is 6.00. The summed E-state index contributed by atoms with van der Waals surface area (Å²) in [6.45, 7) is 6.41. The van der Waals surface area contributed by atoms with Crippen molar-refractivity contribution in [1.29, 1.82) is 0 Å². The van der Waals surface area contributed by atoms with Crippen LogP contribution in [0.1, 0.15) is 32.3 Å². The minimum Gasteiger partial charge on any atom is -0.343 e. The van der Waals surface area contributed by atoms with E-state index in [9.17, 15) is 9.59 Å². The molecule has 3 heterocycles. The van der Waals surface area contributed by atoms with Gasteiger partial charge in [0.1, 0.15) is 18.5 Å². The number of amides is 3. The Labute approximate surface area is 160 Å². The molecule has 4 rings (SSSR count). The van der Waals surface area contributed by atoms with Crippen LogP contribution in [0.5, 0.6) is 0 Å². The zero-order valence-electron chi connectivity index (χ0n) is 16.4. The summed E-state index contributed by atoms with van der Waals surface area (Å²) in [6.07, 6.45) is 2.44. The van der Waals surface area contributed by atoms with E-state index in [1.807, 2.05) is 6.92 Å². The van der Waals surface area contributed by atoms with Crippen LogP contribution in [0, 0.1) is 0 Å². The van der Waals surface area contributed by atoms with E-state index in [0.717, 1.165) is 38.0 Å². The van der Waals surface area contributed by atoms with Crippen LogP contribution in [0.3, 0.4) is 0 Å². The molecule has 7 heteroatoms. The molecule has 146 valence electrons. The van der Waals surface area contributed by atoms with Gasteiger partial charge in [0.2, 0.25) is 0 Å². The van der Waals surface area contributed by atoms with Crippen molar-refractivity contribution >= 4 is 17.6 Å². The van der Waals surface area contributed by atoms with E-state index in [1.165, 1.54) is 10.5 Å². The Hall–Kier alpha value is -2.12. The molecule has 0 aliphatic carbocycles. The molecule has 0 bridgehead atoms. The highest BCUT2D eigenvalue weighted by Gasteiger charge is 2.55. The number of nitrogens with zero attached hydrogens (tertiary/aromatic N) is 4. The zero-order valence-corrected chi connectivity index (χ0v) is 16.4. The third kappa shape index (κ3) is 2.89. The number of nitrogens with one attached hydrogen (secondary N) is 1. The molecule has 1 aromatic carbocycles. The Balaban J connectivity index is 1.63. The van der Waals surface area contributed by atoms with E-state index in [1.54, 1.807) is 11.9 Å². The summed E-state index contributed by atoms with van der Waals surface area (Å²) in [6, 6.07) is 8.13. The molecule has 0 radical (unpaired) electrons. The lowest BCUT2D eigenvalue weighted by molar-refractivity contribution is -0.138.